The highest BCUT2D eigenvalue weighted by Crippen LogP contribution is 2.36. The first-order chi connectivity index (χ1) is 17.0. The second-order valence-electron chi connectivity index (χ2n) is 8.97. The number of hydrogen-bond donors (Lipinski definition) is 1. The summed E-state index contributed by atoms with van der Waals surface area (Å²) in [7, 11) is 0. The number of H-pyrrole nitrogens is 1. The summed E-state index contributed by atoms with van der Waals surface area (Å²) in [5, 5.41) is 1.33. The van der Waals surface area contributed by atoms with E-state index in [0.717, 1.165) is 25.5 Å². The fourth-order valence-electron chi connectivity index (χ4n) is 5.00. The van der Waals surface area contributed by atoms with Crippen LogP contribution in [0.4, 0.5) is 20.3 Å². The third-order valence-corrected chi connectivity index (χ3v) is 6.65. The number of carbonyl (C=O) groups is 2. The Morgan fingerprint density at radius 3 is 2.71 bits per heavy atom. The largest absolute Gasteiger partial charge is 0.355 e. The lowest BCUT2D eigenvalue weighted by atomic mass is 9.95. The molecule has 180 valence electrons. The minimum atomic E-state index is -0.373. The van der Waals surface area contributed by atoms with Crippen molar-refractivity contribution in [3.8, 4) is 0 Å². The van der Waals surface area contributed by atoms with Crippen molar-refractivity contribution in [2.24, 2.45) is 5.92 Å². The monoisotopic (exact) mass is 476 g/mol. The van der Waals surface area contributed by atoms with Crippen molar-refractivity contribution >= 4 is 45.5 Å². The number of aromatic nitrogens is 2. The number of piperidine rings is 1. The second-order valence-corrected chi connectivity index (χ2v) is 8.97. The smallest absolute Gasteiger partial charge is 0.231 e. The average molecular weight is 477 g/mol. The molecule has 35 heavy (non-hydrogen) atoms. The van der Waals surface area contributed by atoms with Gasteiger partial charge in [0.15, 0.2) is 6.29 Å². The molecular formula is C27H26F2N4O2. The molecule has 1 fully saturated rings. The number of aldehydes is 1. The molecule has 1 amide bonds. The van der Waals surface area contributed by atoms with Gasteiger partial charge in [0.05, 0.1) is 22.4 Å². The summed E-state index contributed by atoms with van der Waals surface area (Å²) in [6.07, 6.45) is 4.54. The molecule has 1 aliphatic heterocycles. The van der Waals surface area contributed by atoms with E-state index in [1.807, 2.05) is 6.92 Å². The van der Waals surface area contributed by atoms with E-state index in [9.17, 15) is 18.4 Å². The first-order valence-electron chi connectivity index (χ1n) is 11.9. The summed E-state index contributed by atoms with van der Waals surface area (Å²) in [6.45, 7) is 3.69. The van der Waals surface area contributed by atoms with Crippen LogP contribution < -0.4 is 9.80 Å². The van der Waals surface area contributed by atoms with Crippen LogP contribution in [0.2, 0.25) is 0 Å². The van der Waals surface area contributed by atoms with E-state index in [1.165, 1.54) is 30.5 Å². The molecule has 0 saturated carbocycles. The number of halogens is 2. The number of aromatic amines is 1. The number of amides is 1. The molecule has 8 heteroatoms. The molecule has 0 radical (unpaired) electrons. The Hall–Kier alpha value is -3.81. The topological polar surface area (TPSA) is 69.3 Å². The lowest BCUT2D eigenvalue weighted by Gasteiger charge is -2.36. The van der Waals surface area contributed by atoms with Crippen LogP contribution in [0.5, 0.6) is 0 Å². The van der Waals surface area contributed by atoms with Gasteiger partial charge in [0, 0.05) is 42.4 Å². The first-order valence-corrected chi connectivity index (χ1v) is 11.9. The summed E-state index contributed by atoms with van der Waals surface area (Å²) in [6, 6.07) is 10.5. The van der Waals surface area contributed by atoms with Gasteiger partial charge in [-0.3, -0.25) is 9.59 Å². The van der Waals surface area contributed by atoms with Crippen molar-refractivity contribution in [3.63, 3.8) is 0 Å². The van der Waals surface area contributed by atoms with Crippen molar-refractivity contribution in [2.45, 2.75) is 26.2 Å². The van der Waals surface area contributed by atoms with Crippen molar-refractivity contribution in [2.75, 3.05) is 29.4 Å². The van der Waals surface area contributed by atoms with E-state index in [-0.39, 0.29) is 23.5 Å². The molecule has 1 aliphatic rings. The molecule has 2 aromatic heterocycles. The van der Waals surface area contributed by atoms with Gasteiger partial charge in [-0.15, -0.1) is 0 Å². The normalized spacial score (nSPS) is 16.1. The Kier molecular flexibility index (Phi) is 6.19. The van der Waals surface area contributed by atoms with Gasteiger partial charge in [-0.1, -0.05) is 6.92 Å². The minimum Gasteiger partial charge on any atom is -0.355 e. The van der Waals surface area contributed by atoms with E-state index in [0.29, 0.717) is 58.5 Å². The number of carbonyl (C=O) groups excluding carboxylic acids is 2. The third-order valence-electron chi connectivity index (χ3n) is 6.65. The lowest BCUT2D eigenvalue weighted by molar-refractivity contribution is -0.122. The number of benzene rings is 2. The zero-order valence-electron chi connectivity index (χ0n) is 19.4. The predicted octanol–water partition coefficient (Wildman–Crippen LogP) is 5.47. The maximum Gasteiger partial charge on any atom is 0.231 e. The fourth-order valence-corrected chi connectivity index (χ4v) is 5.00. The number of nitrogens with zero attached hydrogens (tertiary/aromatic N) is 3. The van der Waals surface area contributed by atoms with E-state index in [1.54, 1.807) is 23.1 Å². The number of hydrogen-bond acceptors (Lipinski definition) is 4. The molecule has 2 aromatic carbocycles. The van der Waals surface area contributed by atoms with Gasteiger partial charge in [-0.2, -0.15) is 0 Å². The zero-order chi connectivity index (χ0) is 24.5. The van der Waals surface area contributed by atoms with Crippen LogP contribution in [0, 0.1) is 17.6 Å². The third kappa shape index (κ3) is 4.24. The van der Waals surface area contributed by atoms with Gasteiger partial charge in [-0.05, 0) is 61.7 Å². The molecule has 6 nitrogen and oxygen atoms in total. The average Bonchev–Trinajstić information content (AvgIpc) is 3.26. The molecule has 0 aliphatic carbocycles. The minimum absolute atomic E-state index is 0.00566. The summed E-state index contributed by atoms with van der Waals surface area (Å²) in [5.41, 5.74) is 2.40. The Labute approximate surface area is 201 Å². The van der Waals surface area contributed by atoms with Crippen molar-refractivity contribution in [1.82, 2.24) is 9.97 Å². The Balaban J connectivity index is 1.51. The summed E-state index contributed by atoms with van der Waals surface area (Å²) < 4.78 is 27.6. The van der Waals surface area contributed by atoms with Crippen LogP contribution in [0.25, 0.3) is 21.8 Å². The van der Waals surface area contributed by atoms with Gasteiger partial charge in [0.2, 0.25) is 5.91 Å². The van der Waals surface area contributed by atoms with Gasteiger partial charge in [0.1, 0.15) is 17.5 Å². The Bertz CT molecular complexity index is 1400. The summed E-state index contributed by atoms with van der Waals surface area (Å²) in [5.74, 6) is -0.366. The van der Waals surface area contributed by atoms with Crippen LogP contribution in [-0.4, -0.2) is 41.8 Å². The quantitative estimate of drug-likeness (QED) is 0.375. The number of fused-ring (bicyclic) bond motifs is 3. The van der Waals surface area contributed by atoms with E-state index >= 15 is 0 Å². The van der Waals surface area contributed by atoms with Crippen molar-refractivity contribution in [3.05, 3.63) is 65.9 Å². The van der Waals surface area contributed by atoms with Crippen LogP contribution in [0.1, 0.15) is 36.5 Å². The number of anilines is 2. The van der Waals surface area contributed by atoms with Crippen LogP contribution >= 0.6 is 0 Å². The number of nitrogens with one attached hydrogen (secondary N) is 1. The van der Waals surface area contributed by atoms with E-state index in [4.69, 9.17) is 0 Å². The predicted molar refractivity (Wildman–Crippen MR) is 133 cm³/mol. The number of pyridine rings is 1. The SMILES string of the molecule is CCCN(C(=O)[C@H]1CCCN(c2ncc(C=O)c3[nH]c4ccc(F)cc4c23)C1)c1ccc(F)cc1. The Morgan fingerprint density at radius 1 is 1.20 bits per heavy atom. The maximum absolute atomic E-state index is 14.1. The van der Waals surface area contributed by atoms with Crippen LogP contribution in [0.15, 0.2) is 48.7 Å². The van der Waals surface area contributed by atoms with Gasteiger partial charge in [-0.25, -0.2) is 13.8 Å². The first kappa shape index (κ1) is 23.0. The highest BCUT2D eigenvalue weighted by Gasteiger charge is 2.31. The highest BCUT2D eigenvalue weighted by molar-refractivity contribution is 6.16. The Morgan fingerprint density at radius 2 is 1.97 bits per heavy atom. The van der Waals surface area contributed by atoms with Crippen molar-refractivity contribution in [1.29, 1.82) is 0 Å². The van der Waals surface area contributed by atoms with Gasteiger partial charge in [0.25, 0.3) is 0 Å². The standard InChI is InChI=1S/C27H26F2N4O2/c1-2-11-33(21-8-5-19(28)6-9-21)27(35)17-4-3-12-32(15-17)26-24-22-13-20(29)7-10-23(22)31-25(24)18(16-34)14-30-26/h5-10,13-14,16-17,31H,2-4,11-12,15H2,1H3/t17-/m0/s1. The lowest BCUT2D eigenvalue weighted by Crippen LogP contribution is -2.45. The molecule has 0 bridgehead atoms. The maximum atomic E-state index is 14.1. The molecular weight excluding hydrogens is 450 g/mol. The highest BCUT2D eigenvalue weighted by atomic mass is 19.1. The fraction of sp³-hybridized carbons (Fsp3) is 0.296. The second kappa shape index (κ2) is 9.44. The zero-order valence-corrected chi connectivity index (χ0v) is 19.4. The molecule has 3 heterocycles. The molecule has 0 unspecified atom stereocenters. The summed E-state index contributed by atoms with van der Waals surface area (Å²) in [4.78, 5) is 36.9. The number of rotatable bonds is 6. The van der Waals surface area contributed by atoms with Crippen molar-refractivity contribution < 1.29 is 18.4 Å². The molecule has 0 spiro atoms. The van der Waals surface area contributed by atoms with E-state index in [2.05, 4.69) is 14.9 Å². The molecule has 1 atom stereocenters. The summed E-state index contributed by atoms with van der Waals surface area (Å²) >= 11 is 0. The molecule has 5 rings (SSSR count). The van der Waals surface area contributed by atoms with Gasteiger partial charge >= 0.3 is 0 Å². The van der Waals surface area contributed by atoms with Crippen LogP contribution in [0.3, 0.4) is 0 Å². The molecule has 1 saturated heterocycles. The molecule has 1 N–H and O–H groups in total. The van der Waals surface area contributed by atoms with Gasteiger partial charge < -0.3 is 14.8 Å². The van der Waals surface area contributed by atoms with Crippen LogP contribution in [-0.2, 0) is 4.79 Å². The van der Waals surface area contributed by atoms with E-state index < -0.39 is 0 Å². The molecule has 4 aromatic rings.